The first-order chi connectivity index (χ1) is 8.77. The van der Waals surface area contributed by atoms with Crippen LogP contribution in [-0.4, -0.2) is 5.37 Å². The summed E-state index contributed by atoms with van der Waals surface area (Å²) < 4.78 is 0. The van der Waals surface area contributed by atoms with Crippen LogP contribution in [0.5, 0.6) is 0 Å². The summed E-state index contributed by atoms with van der Waals surface area (Å²) in [5.41, 5.74) is 1.48. The lowest BCUT2D eigenvalue weighted by atomic mass is 10.2. The van der Waals surface area contributed by atoms with Crippen LogP contribution in [0.2, 0.25) is 0 Å². The van der Waals surface area contributed by atoms with Gasteiger partial charge >= 0.3 is 5.37 Å². The quantitative estimate of drug-likeness (QED) is 0.328. The first-order valence-corrected chi connectivity index (χ1v) is 5.76. The summed E-state index contributed by atoms with van der Waals surface area (Å²) in [7, 11) is 0. The molecule has 0 aliphatic carbocycles. The van der Waals surface area contributed by atoms with Crippen LogP contribution < -0.4 is 4.90 Å². The number of halogens is 1. The second kappa shape index (κ2) is 5.90. The summed E-state index contributed by atoms with van der Waals surface area (Å²) in [6.45, 7) is 0. The average Bonchev–Trinajstić information content (AvgIpc) is 2.41. The van der Waals surface area contributed by atoms with Crippen LogP contribution >= 0.6 is 11.6 Å². The van der Waals surface area contributed by atoms with Crippen LogP contribution in [0.3, 0.4) is 0 Å². The number of rotatable bonds is 1. The maximum Gasteiger partial charge on any atom is 0.332 e. The van der Waals surface area contributed by atoms with E-state index in [4.69, 9.17) is 11.6 Å². The van der Waals surface area contributed by atoms with Gasteiger partial charge in [0, 0.05) is 11.6 Å². The fourth-order valence-electron chi connectivity index (χ4n) is 1.43. The number of anilines is 1. The molecule has 0 N–H and O–H groups in total. The summed E-state index contributed by atoms with van der Waals surface area (Å²) in [6.07, 6.45) is 0. The Bertz CT molecular complexity index is 584. The molecule has 0 saturated carbocycles. The van der Waals surface area contributed by atoms with Crippen molar-refractivity contribution < 1.29 is 4.79 Å². The number of carbonyl (C=O) groups is 1. The molecule has 0 radical (unpaired) electrons. The van der Waals surface area contributed by atoms with Gasteiger partial charge in [-0.3, -0.25) is 4.79 Å². The van der Waals surface area contributed by atoms with Gasteiger partial charge < -0.3 is 0 Å². The molecule has 0 fully saturated rings. The Labute approximate surface area is 111 Å². The molecule has 2 nitrogen and oxygen atoms in total. The first kappa shape index (κ1) is 12.2. The van der Waals surface area contributed by atoms with Crippen molar-refractivity contribution in [1.82, 2.24) is 0 Å². The third-order valence-corrected chi connectivity index (χ3v) is 2.45. The molecule has 2 rings (SSSR count). The second-order valence-corrected chi connectivity index (χ2v) is 3.85. The molecule has 2 aromatic rings. The molecule has 0 aliphatic rings. The Morgan fingerprint density at radius 3 is 2.06 bits per heavy atom. The van der Waals surface area contributed by atoms with Gasteiger partial charge in [0.05, 0.1) is 5.69 Å². The highest BCUT2D eigenvalue weighted by atomic mass is 35.5. The van der Waals surface area contributed by atoms with Crippen molar-refractivity contribution >= 4 is 22.7 Å². The van der Waals surface area contributed by atoms with Gasteiger partial charge in [-0.2, -0.15) is 0 Å². The van der Waals surface area contributed by atoms with Gasteiger partial charge in [-0.25, -0.2) is 4.90 Å². The van der Waals surface area contributed by atoms with Crippen LogP contribution in [0.4, 0.5) is 10.5 Å². The lowest BCUT2D eigenvalue weighted by molar-refractivity contribution is 0.266. The van der Waals surface area contributed by atoms with Crippen molar-refractivity contribution in [2.24, 2.45) is 0 Å². The number of carbonyl (C=O) groups excluding carboxylic acids is 1. The lowest BCUT2D eigenvalue weighted by Crippen LogP contribution is -2.19. The van der Waals surface area contributed by atoms with Gasteiger partial charge in [0.15, 0.2) is 0 Å². The van der Waals surface area contributed by atoms with Gasteiger partial charge in [-0.15, -0.1) is 0 Å². The van der Waals surface area contributed by atoms with Crippen molar-refractivity contribution in [2.75, 3.05) is 4.90 Å². The highest BCUT2D eigenvalue weighted by Crippen LogP contribution is 2.14. The molecule has 0 bridgehead atoms. The minimum Gasteiger partial charge on any atom is -0.254 e. The van der Waals surface area contributed by atoms with Crippen LogP contribution in [0, 0.1) is 12.0 Å². The van der Waals surface area contributed by atoms with Crippen molar-refractivity contribution in [3.05, 3.63) is 66.2 Å². The molecule has 2 aromatic carbocycles. The molecule has 0 unspecified atom stereocenters. The van der Waals surface area contributed by atoms with Gasteiger partial charge in [0.2, 0.25) is 0 Å². The molecule has 0 aromatic heterocycles. The van der Waals surface area contributed by atoms with Crippen molar-refractivity contribution in [2.45, 2.75) is 0 Å². The van der Waals surface area contributed by atoms with E-state index in [1.807, 2.05) is 48.5 Å². The van der Waals surface area contributed by atoms with E-state index in [1.165, 1.54) is 4.90 Å². The highest BCUT2D eigenvalue weighted by molar-refractivity contribution is 6.66. The Morgan fingerprint density at radius 2 is 1.50 bits per heavy atom. The third-order valence-electron chi connectivity index (χ3n) is 2.28. The predicted molar refractivity (Wildman–Crippen MR) is 73.5 cm³/mol. The van der Waals surface area contributed by atoms with E-state index < -0.39 is 5.37 Å². The van der Waals surface area contributed by atoms with E-state index >= 15 is 0 Å². The van der Waals surface area contributed by atoms with E-state index in [9.17, 15) is 4.79 Å². The minimum absolute atomic E-state index is 0.621. The topological polar surface area (TPSA) is 20.3 Å². The summed E-state index contributed by atoms with van der Waals surface area (Å²) in [5, 5.41) is -0.621. The van der Waals surface area contributed by atoms with Crippen molar-refractivity contribution in [3.8, 4) is 12.0 Å². The maximum absolute atomic E-state index is 11.4. The van der Waals surface area contributed by atoms with Crippen LogP contribution in [0.25, 0.3) is 0 Å². The molecule has 0 saturated heterocycles. The van der Waals surface area contributed by atoms with Crippen LogP contribution in [0.1, 0.15) is 5.56 Å². The summed E-state index contributed by atoms with van der Waals surface area (Å²) in [5.74, 6) is 2.90. The van der Waals surface area contributed by atoms with Gasteiger partial charge in [-0.1, -0.05) is 36.4 Å². The van der Waals surface area contributed by atoms with Gasteiger partial charge in [0.25, 0.3) is 0 Å². The van der Waals surface area contributed by atoms with E-state index in [-0.39, 0.29) is 0 Å². The van der Waals surface area contributed by atoms with E-state index in [0.717, 1.165) is 5.56 Å². The van der Waals surface area contributed by atoms with Crippen LogP contribution in [-0.2, 0) is 0 Å². The molecule has 88 valence electrons. The largest absolute Gasteiger partial charge is 0.332 e. The zero-order valence-electron chi connectivity index (χ0n) is 9.51. The van der Waals surface area contributed by atoms with Crippen molar-refractivity contribution in [1.29, 1.82) is 0 Å². The second-order valence-electron chi connectivity index (χ2n) is 3.53. The number of hydrogen-bond donors (Lipinski definition) is 0. The molecule has 0 heterocycles. The van der Waals surface area contributed by atoms with Gasteiger partial charge in [-0.05, 0) is 41.8 Å². The Kier molecular flexibility index (Phi) is 4.01. The summed E-state index contributed by atoms with van der Waals surface area (Å²) in [4.78, 5) is 12.6. The fourth-order valence-corrected chi connectivity index (χ4v) is 1.57. The maximum atomic E-state index is 11.4. The predicted octanol–water partition coefficient (Wildman–Crippen LogP) is 3.86. The summed E-state index contributed by atoms with van der Waals surface area (Å²) in [6, 6.07) is 21.3. The smallest absolute Gasteiger partial charge is 0.254 e. The molecular formula is C15H10ClNO. The number of para-hydroxylation sites is 1. The van der Waals surface area contributed by atoms with E-state index in [0.29, 0.717) is 5.69 Å². The standard InChI is InChI=1S/C15H10ClNO/c16-15(18)17(14-9-5-2-6-10-14)12-11-13-7-3-1-4-8-13/h1-10H. The van der Waals surface area contributed by atoms with E-state index in [2.05, 4.69) is 12.0 Å². The van der Waals surface area contributed by atoms with Crippen LogP contribution in [0.15, 0.2) is 60.7 Å². The van der Waals surface area contributed by atoms with Gasteiger partial charge in [0.1, 0.15) is 0 Å². The molecule has 0 atom stereocenters. The number of amides is 1. The molecule has 0 aliphatic heterocycles. The Hall–Kier alpha value is -2.24. The molecule has 18 heavy (non-hydrogen) atoms. The molecule has 1 amide bonds. The summed E-state index contributed by atoms with van der Waals surface area (Å²) >= 11 is 5.53. The van der Waals surface area contributed by atoms with Crippen molar-refractivity contribution in [3.63, 3.8) is 0 Å². The lowest BCUT2D eigenvalue weighted by Gasteiger charge is -2.10. The fraction of sp³-hybridized carbons (Fsp3) is 0. The number of benzene rings is 2. The Morgan fingerprint density at radius 1 is 0.944 bits per heavy atom. The molecule has 3 heteroatoms. The SMILES string of the molecule is O=C(Cl)N(C#Cc1ccccc1)c1ccccc1. The minimum atomic E-state index is -0.621. The number of nitrogens with zero attached hydrogens (tertiary/aromatic N) is 1. The monoisotopic (exact) mass is 255 g/mol. The average molecular weight is 256 g/mol. The molecular weight excluding hydrogens is 246 g/mol. The zero-order valence-corrected chi connectivity index (χ0v) is 10.3. The zero-order chi connectivity index (χ0) is 12.8. The normalized spacial score (nSPS) is 9.17. The first-order valence-electron chi connectivity index (χ1n) is 5.39. The highest BCUT2D eigenvalue weighted by Gasteiger charge is 2.09. The molecule has 0 spiro atoms. The number of hydrogen-bond acceptors (Lipinski definition) is 1. The van der Waals surface area contributed by atoms with E-state index in [1.54, 1.807) is 12.1 Å². The third kappa shape index (κ3) is 3.13. The Balaban J connectivity index is 2.29.